The minimum Gasteiger partial charge on any atom is -0.367 e. The highest BCUT2D eigenvalue weighted by Crippen LogP contribution is 2.33. The van der Waals surface area contributed by atoms with Crippen molar-refractivity contribution in [3.63, 3.8) is 0 Å². The Kier molecular flexibility index (Phi) is 1.95. The first kappa shape index (κ1) is 8.50. The minimum absolute atomic E-state index is 0.349. The maximum Gasteiger partial charge on any atom is 0.321 e. The Bertz CT molecular complexity index is 291. The zero-order valence-corrected chi connectivity index (χ0v) is 7.83. The van der Waals surface area contributed by atoms with Gasteiger partial charge in [0.1, 0.15) is 5.60 Å². The van der Waals surface area contributed by atoms with Crippen LogP contribution >= 0.6 is 0 Å². The van der Waals surface area contributed by atoms with Crippen LogP contribution in [0, 0.1) is 0 Å². The Morgan fingerprint density at radius 3 is 2.92 bits per heavy atom. The number of aromatic nitrogens is 2. The molecule has 5 heteroatoms. The van der Waals surface area contributed by atoms with Crippen molar-refractivity contribution in [3.8, 4) is 0 Å². The lowest BCUT2D eigenvalue weighted by Crippen LogP contribution is -2.21. The van der Waals surface area contributed by atoms with Crippen LogP contribution in [0.4, 0.5) is 6.01 Å². The minimum atomic E-state index is -0.349. The summed E-state index contributed by atoms with van der Waals surface area (Å²) < 4.78 is 10.5. The van der Waals surface area contributed by atoms with Gasteiger partial charge in [-0.1, -0.05) is 5.16 Å². The van der Waals surface area contributed by atoms with Gasteiger partial charge in [0, 0.05) is 13.7 Å². The van der Waals surface area contributed by atoms with E-state index in [4.69, 9.17) is 9.26 Å². The van der Waals surface area contributed by atoms with Crippen molar-refractivity contribution in [3.05, 3.63) is 5.82 Å². The maximum absolute atomic E-state index is 5.57. The van der Waals surface area contributed by atoms with Crippen molar-refractivity contribution in [2.45, 2.75) is 25.4 Å². The van der Waals surface area contributed by atoms with Crippen molar-refractivity contribution in [1.82, 2.24) is 10.1 Å². The van der Waals surface area contributed by atoms with E-state index < -0.39 is 0 Å². The van der Waals surface area contributed by atoms with E-state index in [1.807, 2.05) is 6.92 Å². The normalized spacial score (nSPS) is 27.8. The fraction of sp³-hybridized carbons (Fsp3) is 0.750. The van der Waals surface area contributed by atoms with Crippen LogP contribution < -0.4 is 5.32 Å². The van der Waals surface area contributed by atoms with Crippen molar-refractivity contribution < 1.29 is 9.26 Å². The molecule has 1 aromatic heterocycles. The molecule has 0 spiro atoms. The highest BCUT2D eigenvalue weighted by atomic mass is 16.5. The molecule has 2 heterocycles. The molecule has 0 radical (unpaired) electrons. The van der Waals surface area contributed by atoms with E-state index in [2.05, 4.69) is 15.5 Å². The summed E-state index contributed by atoms with van der Waals surface area (Å²) in [4.78, 5) is 4.17. The maximum atomic E-state index is 5.57. The van der Waals surface area contributed by atoms with Crippen LogP contribution in [-0.4, -0.2) is 23.8 Å². The zero-order valence-electron chi connectivity index (χ0n) is 7.83. The lowest BCUT2D eigenvalue weighted by atomic mass is 10.0. The van der Waals surface area contributed by atoms with Crippen LogP contribution in [-0.2, 0) is 10.3 Å². The third-order valence-corrected chi connectivity index (χ3v) is 2.33. The van der Waals surface area contributed by atoms with Crippen molar-refractivity contribution in [1.29, 1.82) is 0 Å². The molecule has 1 aromatic rings. The molecule has 0 saturated carbocycles. The third-order valence-electron chi connectivity index (χ3n) is 2.33. The number of rotatable bonds is 2. The van der Waals surface area contributed by atoms with Crippen LogP contribution in [0.5, 0.6) is 0 Å². The highest BCUT2D eigenvalue weighted by Gasteiger charge is 2.36. The van der Waals surface area contributed by atoms with Crippen LogP contribution in [0.25, 0.3) is 0 Å². The summed E-state index contributed by atoms with van der Waals surface area (Å²) in [6.45, 7) is 2.77. The molecule has 0 aromatic carbocycles. The lowest BCUT2D eigenvalue weighted by molar-refractivity contribution is 0.00768. The fourth-order valence-electron chi connectivity index (χ4n) is 1.50. The first-order valence-electron chi connectivity index (χ1n) is 4.40. The van der Waals surface area contributed by atoms with Gasteiger partial charge in [-0.05, 0) is 19.8 Å². The molecule has 72 valence electrons. The molecule has 2 rings (SSSR count). The SMILES string of the molecule is CNc1nc(C2(C)CCCO2)no1. The van der Waals surface area contributed by atoms with E-state index in [1.54, 1.807) is 7.05 Å². The van der Waals surface area contributed by atoms with Crippen LogP contribution in [0.2, 0.25) is 0 Å². The molecular formula is C8H13N3O2. The summed E-state index contributed by atoms with van der Waals surface area (Å²) >= 11 is 0. The van der Waals surface area contributed by atoms with E-state index in [-0.39, 0.29) is 5.60 Å². The average Bonchev–Trinajstić information content (AvgIpc) is 2.72. The van der Waals surface area contributed by atoms with E-state index >= 15 is 0 Å². The Hall–Kier alpha value is -1.10. The average molecular weight is 183 g/mol. The molecule has 13 heavy (non-hydrogen) atoms. The van der Waals surface area contributed by atoms with Gasteiger partial charge >= 0.3 is 6.01 Å². The standard InChI is InChI=1S/C8H13N3O2/c1-8(4-3-5-12-8)6-10-7(9-2)13-11-6/h3-5H2,1-2H3,(H,9,10,11). The Morgan fingerprint density at radius 1 is 1.54 bits per heavy atom. The summed E-state index contributed by atoms with van der Waals surface area (Å²) in [6, 6.07) is 0.437. The second-order valence-corrected chi connectivity index (χ2v) is 3.36. The summed E-state index contributed by atoms with van der Waals surface area (Å²) in [5.41, 5.74) is -0.349. The number of ether oxygens (including phenoxy) is 1. The quantitative estimate of drug-likeness (QED) is 0.744. The second kappa shape index (κ2) is 2.99. The largest absolute Gasteiger partial charge is 0.367 e. The van der Waals surface area contributed by atoms with Crippen molar-refractivity contribution in [2.24, 2.45) is 0 Å². The number of nitrogens with one attached hydrogen (secondary N) is 1. The molecule has 1 fully saturated rings. The molecule has 1 aliphatic heterocycles. The van der Waals surface area contributed by atoms with Crippen molar-refractivity contribution >= 4 is 6.01 Å². The number of anilines is 1. The van der Waals surface area contributed by atoms with E-state index in [9.17, 15) is 0 Å². The predicted octanol–water partition coefficient (Wildman–Crippen LogP) is 1.14. The van der Waals surface area contributed by atoms with Gasteiger partial charge in [-0.2, -0.15) is 4.98 Å². The Labute approximate surface area is 76.5 Å². The highest BCUT2D eigenvalue weighted by molar-refractivity contribution is 5.18. The predicted molar refractivity (Wildman–Crippen MR) is 46.4 cm³/mol. The molecule has 1 aliphatic rings. The van der Waals surface area contributed by atoms with Gasteiger partial charge in [0.15, 0.2) is 0 Å². The van der Waals surface area contributed by atoms with E-state index in [0.717, 1.165) is 19.4 Å². The molecule has 1 unspecified atom stereocenters. The monoisotopic (exact) mass is 183 g/mol. The van der Waals surface area contributed by atoms with Gasteiger partial charge in [-0.3, -0.25) is 0 Å². The topological polar surface area (TPSA) is 60.2 Å². The first-order chi connectivity index (χ1) is 6.24. The van der Waals surface area contributed by atoms with E-state index in [1.165, 1.54) is 0 Å². The third kappa shape index (κ3) is 1.39. The van der Waals surface area contributed by atoms with Crippen LogP contribution in [0.3, 0.4) is 0 Å². The number of nitrogens with zero attached hydrogens (tertiary/aromatic N) is 2. The van der Waals surface area contributed by atoms with Gasteiger partial charge in [0.2, 0.25) is 5.82 Å². The van der Waals surface area contributed by atoms with E-state index in [0.29, 0.717) is 11.8 Å². The number of hydrogen-bond donors (Lipinski definition) is 1. The lowest BCUT2D eigenvalue weighted by Gasteiger charge is -2.17. The molecule has 0 aliphatic carbocycles. The summed E-state index contributed by atoms with van der Waals surface area (Å²) in [7, 11) is 1.75. The molecule has 1 saturated heterocycles. The zero-order chi connectivity index (χ0) is 9.31. The van der Waals surface area contributed by atoms with Crippen LogP contribution in [0.1, 0.15) is 25.6 Å². The Morgan fingerprint density at radius 2 is 2.38 bits per heavy atom. The van der Waals surface area contributed by atoms with Crippen molar-refractivity contribution in [2.75, 3.05) is 19.0 Å². The molecular weight excluding hydrogens is 170 g/mol. The second-order valence-electron chi connectivity index (χ2n) is 3.36. The smallest absolute Gasteiger partial charge is 0.321 e. The molecule has 0 bridgehead atoms. The fourth-order valence-corrected chi connectivity index (χ4v) is 1.50. The van der Waals surface area contributed by atoms with Gasteiger partial charge in [0.05, 0.1) is 0 Å². The number of hydrogen-bond acceptors (Lipinski definition) is 5. The molecule has 0 amide bonds. The Balaban J connectivity index is 2.23. The van der Waals surface area contributed by atoms with Gasteiger partial charge < -0.3 is 14.6 Å². The summed E-state index contributed by atoms with van der Waals surface area (Å²) in [6.07, 6.45) is 2.01. The first-order valence-corrected chi connectivity index (χ1v) is 4.40. The molecule has 1 N–H and O–H groups in total. The van der Waals surface area contributed by atoms with Gasteiger partial charge in [-0.15, -0.1) is 0 Å². The van der Waals surface area contributed by atoms with Gasteiger partial charge in [0.25, 0.3) is 0 Å². The summed E-state index contributed by atoms with van der Waals surface area (Å²) in [5, 5.41) is 6.66. The van der Waals surface area contributed by atoms with Gasteiger partial charge in [-0.25, -0.2) is 0 Å². The molecule has 1 atom stereocenters. The molecule has 5 nitrogen and oxygen atoms in total. The summed E-state index contributed by atoms with van der Waals surface area (Å²) in [5.74, 6) is 0.634. The van der Waals surface area contributed by atoms with Crippen LogP contribution in [0.15, 0.2) is 4.52 Å².